The fourth-order valence-corrected chi connectivity index (χ4v) is 2.89. The van der Waals surface area contributed by atoms with Crippen LogP contribution in [0.2, 0.25) is 5.02 Å². The van der Waals surface area contributed by atoms with Gasteiger partial charge in [0, 0.05) is 30.3 Å². The van der Waals surface area contributed by atoms with Gasteiger partial charge in [-0.1, -0.05) is 47.5 Å². The Morgan fingerprint density at radius 3 is 2.52 bits per heavy atom. The van der Waals surface area contributed by atoms with E-state index in [0.717, 1.165) is 23.6 Å². The van der Waals surface area contributed by atoms with E-state index in [0.29, 0.717) is 0 Å². The van der Waals surface area contributed by atoms with E-state index < -0.39 is 0 Å². The third-order valence-electron chi connectivity index (χ3n) is 3.84. The lowest BCUT2D eigenvalue weighted by atomic mass is 10.0. The maximum absolute atomic E-state index is 6.27. The molecule has 0 aliphatic carbocycles. The van der Waals surface area contributed by atoms with Crippen LogP contribution >= 0.6 is 11.6 Å². The Kier molecular flexibility index (Phi) is 5.27. The summed E-state index contributed by atoms with van der Waals surface area (Å²) in [6.45, 7) is 5.16. The van der Waals surface area contributed by atoms with Gasteiger partial charge in [-0.05, 0) is 43.5 Å². The molecule has 0 aromatic heterocycles. The summed E-state index contributed by atoms with van der Waals surface area (Å²) < 4.78 is 0. The van der Waals surface area contributed by atoms with Crippen LogP contribution in [0.25, 0.3) is 0 Å². The van der Waals surface area contributed by atoms with Gasteiger partial charge in [-0.15, -0.1) is 0 Å². The van der Waals surface area contributed by atoms with Crippen LogP contribution in [0.5, 0.6) is 0 Å². The molecule has 3 heteroatoms. The summed E-state index contributed by atoms with van der Waals surface area (Å²) in [6.07, 6.45) is 0.869. The minimum Gasteiger partial charge on any atom is -0.374 e. The fourth-order valence-electron chi connectivity index (χ4n) is 2.62. The molecule has 2 aromatic carbocycles. The second-order valence-electron chi connectivity index (χ2n) is 5.63. The van der Waals surface area contributed by atoms with Crippen molar-refractivity contribution in [2.45, 2.75) is 26.3 Å². The van der Waals surface area contributed by atoms with Gasteiger partial charge in [0.15, 0.2) is 0 Å². The highest BCUT2D eigenvalue weighted by atomic mass is 35.5. The van der Waals surface area contributed by atoms with Gasteiger partial charge in [-0.3, -0.25) is 0 Å². The molecule has 0 saturated carbocycles. The molecule has 2 N–H and O–H groups in total. The van der Waals surface area contributed by atoms with Gasteiger partial charge in [0.05, 0.1) is 0 Å². The van der Waals surface area contributed by atoms with Crippen molar-refractivity contribution < 1.29 is 0 Å². The molecule has 0 spiro atoms. The van der Waals surface area contributed by atoms with Crippen LogP contribution in [0.1, 0.15) is 29.2 Å². The van der Waals surface area contributed by atoms with E-state index in [-0.39, 0.29) is 6.04 Å². The molecule has 0 bridgehead atoms. The number of nitrogens with two attached hydrogens (primary N) is 1. The van der Waals surface area contributed by atoms with Crippen molar-refractivity contribution in [3.8, 4) is 0 Å². The molecular weight excluding hydrogens is 280 g/mol. The molecule has 0 fully saturated rings. The quantitative estimate of drug-likeness (QED) is 0.882. The third-order valence-corrected chi connectivity index (χ3v) is 4.19. The number of benzene rings is 2. The second kappa shape index (κ2) is 6.97. The first-order chi connectivity index (χ1) is 9.99. The van der Waals surface area contributed by atoms with Crippen molar-refractivity contribution in [1.29, 1.82) is 0 Å². The Balaban J connectivity index is 2.01. The molecule has 1 unspecified atom stereocenters. The second-order valence-corrected chi connectivity index (χ2v) is 6.04. The summed E-state index contributed by atoms with van der Waals surface area (Å²) >= 11 is 6.20. The van der Waals surface area contributed by atoms with Crippen molar-refractivity contribution in [3.05, 3.63) is 64.2 Å². The van der Waals surface area contributed by atoms with E-state index in [1.807, 2.05) is 24.3 Å². The lowest BCUT2D eigenvalue weighted by Crippen LogP contribution is -2.24. The number of halogens is 1. The summed E-state index contributed by atoms with van der Waals surface area (Å²) in [5, 5.41) is 0.749. The lowest BCUT2D eigenvalue weighted by Gasteiger charge is -2.24. The SMILES string of the molecule is Cc1ccc(N(C)CCC(N)c2ccccc2Cl)c(C)c1. The van der Waals surface area contributed by atoms with Crippen molar-refractivity contribution in [1.82, 2.24) is 0 Å². The topological polar surface area (TPSA) is 29.3 Å². The van der Waals surface area contributed by atoms with Crippen LogP contribution in [0.15, 0.2) is 42.5 Å². The molecule has 0 amide bonds. The van der Waals surface area contributed by atoms with Gasteiger partial charge in [0.25, 0.3) is 0 Å². The van der Waals surface area contributed by atoms with Crippen LogP contribution in [0.3, 0.4) is 0 Å². The monoisotopic (exact) mass is 302 g/mol. The maximum atomic E-state index is 6.27. The average molecular weight is 303 g/mol. The van der Waals surface area contributed by atoms with Crippen LogP contribution in [-0.2, 0) is 0 Å². The molecule has 0 aliphatic heterocycles. The van der Waals surface area contributed by atoms with Gasteiger partial charge in [-0.25, -0.2) is 0 Å². The zero-order chi connectivity index (χ0) is 15.4. The summed E-state index contributed by atoms with van der Waals surface area (Å²) in [4.78, 5) is 2.26. The van der Waals surface area contributed by atoms with Crippen LogP contribution in [0, 0.1) is 13.8 Å². The van der Waals surface area contributed by atoms with Crippen molar-refractivity contribution in [2.24, 2.45) is 5.73 Å². The Morgan fingerprint density at radius 2 is 1.86 bits per heavy atom. The normalized spacial score (nSPS) is 12.2. The van der Waals surface area contributed by atoms with Crippen LogP contribution in [0.4, 0.5) is 5.69 Å². The number of aryl methyl sites for hydroxylation is 2. The lowest BCUT2D eigenvalue weighted by molar-refractivity contribution is 0.645. The van der Waals surface area contributed by atoms with Gasteiger partial charge >= 0.3 is 0 Å². The van der Waals surface area contributed by atoms with Gasteiger partial charge in [-0.2, -0.15) is 0 Å². The Labute approximate surface area is 132 Å². The van der Waals surface area contributed by atoms with E-state index in [2.05, 4.69) is 44.0 Å². The van der Waals surface area contributed by atoms with E-state index >= 15 is 0 Å². The molecular formula is C18H23ClN2. The zero-order valence-electron chi connectivity index (χ0n) is 12.9. The van der Waals surface area contributed by atoms with E-state index in [4.69, 9.17) is 17.3 Å². The fraction of sp³-hybridized carbons (Fsp3) is 0.333. The van der Waals surface area contributed by atoms with E-state index in [1.54, 1.807) is 0 Å². The molecule has 2 aromatic rings. The predicted octanol–water partition coefficient (Wildman–Crippen LogP) is 4.48. The standard InChI is InChI=1S/C18H23ClN2/c1-13-8-9-18(14(2)12-13)21(3)11-10-17(20)15-6-4-5-7-16(15)19/h4-9,12,17H,10-11,20H2,1-3H3. The molecule has 0 aliphatic rings. The molecule has 112 valence electrons. The third kappa shape index (κ3) is 3.99. The van der Waals surface area contributed by atoms with E-state index in [1.165, 1.54) is 16.8 Å². The molecule has 2 rings (SSSR count). The van der Waals surface area contributed by atoms with Crippen LogP contribution < -0.4 is 10.6 Å². The van der Waals surface area contributed by atoms with Gasteiger partial charge in [0.1, 0.15) is 0 Å². The number of nitrogens with zero attached hydrogens (tertiary/aromatic N) is 1. The Bertz CT molecular complexity index is 610. The number of rotatable bonds is 5. The highest BCUT2D eigenvalue weighted by Gasteiger charge is 2.11. The minimum absolute atomic E-state index is 0.0353. The van der Waals surface area contributed by atoms with Crippen molar-refractivity contribution >= 4 is 17.3 Å². The zero-order valence-corrected chi connectivity index (χ0v) is 13.7. The van der Waals surface area contributed by atoms with Gasteiger partial charge < -0.3 is 10.6 Å². The highest BCUT2D eigenvalue weighted by Crippen LogP contribution is 2.25. The van der Waals surface area contributed by atoms with E-state index in [9.17, 15) is 0 Å². The molecule has 2 nitrogen and oxygen atoms in total. The van der Waals surface area contributed by atoms with Crippen LogP contribution in [-0.4, -0.2) is 13.6 Å². The first kappa shape index (κ1) is 15.9. The first-order valence-corrected chi connectivity index (χ1v) is 7.65. The molecule has 1 atom stereocenters. The molecule has 0 saturated heterocycles. The molecule has 0 heterocycles. The summed E-state index contributed by atoms with van der Waals surface area (Å²) in [5.41, 5.74) is 11.1. The summed E-state index contributed by atoms with van der Waals surface area (Å²) in [7, 11) is 2.11. The molecule has 21 heavy (non-hydrogen) atoms. The highest BCUT2D eigenvalue weighted by molar-refractivity contribution is 6.31. The maximum Gasteiger partial charge on any atom is 0.0453 e. The largest absolute Gasteiger partial charge is 0.374 e. The average Bonchev–Trinajstić information content (AvgIpc) is 2.45. The van der Waals surface area contributed by atoms with Gasteiger partial charge in [0.2, 0.25) is 0 Å². The van der Waals surface area contributed by atoms with Crippen molar-refractivity contribution in [3.63, 3.8) is 0 Å². The minimum atomic E-state index is -0.0353. The number of hydrogen-bond acceptors (Lipinski definition) is 2. The Hall–Kier alpha value is -1.51. The van der Waals surface area contributed by atoms with Crippen molar-refractivity contribution in [2.75, 3.05) is 18.5 Å². The summed E-state index contributed by atoms with van der Waals surface area (Å²) in [6, 6.07) is 14.3. The summed E-state index contributed by atoms with van der Waals surface area (Å²) in [5.74, 6) is 0. The number of anilines is 1. The Morgan fingerprint density at radius 1 is 1.14 bits per heavy atom. The molecule has 0 radical (unpaired) electrons. The number of hydrogen-bond donors (Lipinski definition) is 1. The smallest absolute Gasteiger partial charge is 0.0453 e. The predicted molar refractivity (Wildman–Crippen MR) is 92.2 cm³/mol. The first-order valence-electron chi connectivity index (χ1n) is 7.27.